The van der Waals surface area contributed by atoms with E-state index >= 15 is 0 Å². The second-order valence-corrected chi connectivity index (χ2v) is 25.5. The minimum Gasteiger partial charge on any atom is -0.497 e. The maximum atomic E-state index is 14.8. The van der Waals surface area contributed by atoms with E-state index in [4.69, 9.17) is 66.8 Å². The summed E-state index contributed by atoms with van der Waals surface area (Å²) in [6.07, 6.45) is 3.42. The molecule has 6 aromatic carbocycles. The summed E-state index contributed by atoms with van der Waals surface area (Å²) in [4.78, 5) is 68.3. The summed E-state index contributed by atoms with van der Waals surface area (Å²) >= 11 is 14.8. The van der Waals surface area contributed by atoms with E-state index in [1.54, 1.807) is 143 Å². The summed E-state index contributed by atoms with van der Waals surface area (Å²) in [5.41, 5.74) is 10.4. The van der Waals surface area contributed by atoms with Crippen LogP contribution in [0.15, 0.2) is 164 Å². The van der Waals surface area contributed by atoms with Crippen molar-refractivity contribution in [3.05, 3.63) is 271 Å². The van der Waals surface area contributed by atoms with Crippen LogP contribution in [-0.4, -0.2) is 119 Å². The number of nitrogens with two attached hydrogens (primary N) is 1. The van der Waals surface area contributed by atoms with Crippen molar-refractivity contribution in [1.82, 2.24) is 39.6 Å². The smallest absolute Gasteiger partial charge is 0.258 e. The molecule has 0 spiro atoms. The number of carbonyl (C=O) groups excluding carboxylic acids is 3. The number of nitrogen functional groups attached to an aromatic ring is 1. The highest BCUT2D eigenvalue weighted by molar-refractivity contribution is 14.1. The first-order chi connectivity index (χ1) is 53.4. The van der Waals surface area contributed by atoms with E-state index < -0.39 is 47.0 Å². The quantitative estimate of drug-likeness (QED) is 0.0451. The summed E-state index contributed by atoms with van der Waals surface area (Å²) in [5.74, 6) is 0.158. The number of aromatic nitrogens is 5. The van der Waals surface area contributed by atoms with Gasteiger partial charge in [0.25, 0.3) is 17.7 Å². The van der Waals surface area contributed by atoms with Crippen LogP contribution in [0.4, 0.5) is 32.2 Å². The second kappa shape index (κ2) is 36.9. The molecule has 0 aliphatic carbocycles. The standard InChI is InChI=1S/C30H27F2N3O4.C23H19ClF2N2O3.C22H17ClF2N2O3.C6H8N2O.CH3I/c1-17-29-27(30(36)35(17)16-18-8-10-21(37-2)14-26(18)39-4)19(12-20-9-11-22(38-3)15-33-20)13-25(34-29)28-23(31)6-5-7-24(28)32;1-12-22-20(15(24)10-18(27-22)21-16(25)5-4-6-17(21)26)23(29)28(12)11-13-7-8-14(30-2)9-19(13)31-3;1-29-13-7-6-12(19(8-13)30-2)10-27-11-18-20(22(27)28)14(23)9-17(26-18)21-15(24)4-3-5-16(21)25;1-9-5-2-3-6(7)8-4-5;1-2/h5-11,13-15,17H,12,16H2,1-4H3;4-10,12H,11H2,1-3H3;3-9H,10-11H2,1-2H3;2-4H,1H3,(H2,7,8);1H3. The van der Waals surface area contributed by atoms with Crippen LogP contribution in [0.5, 0.6) is 46.0 Å². The van der Waals surface area contributed by atoms with E-state index in [0.717, 1.165) is 46.7 Å². The van der Waals surface area contributed by atoms with Gasteiger partial charge >= 0.3 is 0 Å². The molecular weight excluding hydrogens is 1600 g/mol. The highest BCUT2D eigenvalue weighted by atomic mass is 127. The number of anilines is 1. The van der Waals surface area contributed by atoms with Gasteiger partial charge in [-0.05, 0) is 140 Å². The van der Waals surface area contributed by atoms with Crippen LogP contribution in [0.2, 0.25) is 10.0 Å². The van der Waals surface area contributed by atoms with Gasteiger partial charge in [0.1, 0.15) is 86.7 Å². The molecule has 2 atom stereocenters. The Kier molecular flexibility index (Phi) is 27.2. The first-order valence-corrected chi connectivity index (χ1v) is 36.8. The van der Waals surface area contributed by atoms with Crippen LogP contribution in [0.3, 0.4) is 0 Å². The fourth-order valence-corrected chi connectivity index (χ4v) is 13.2. The van der Waals surface area contributed by atoms with Crippen LogP contribution in [-0.2, 0) is 32.6 Å². The SMILES string of the molecule is CI.COc1ccc(CN2C(=O)c3c(Cl)cc(-c4c(F)cccc4F)nc3C2C)c(OC)c1.COc1ccc(CN2Cc3nc(-c4c(F)cccc4F)cc(Cl)c3C2=O)c(OC)c1.COc1ccc(Cc2cc(-c3c(F)cccc3F)nc3c2C(=O)N(Cc2ccc(OC)cc2OC)C3C)nc1.COc1ccc(N)nc1. The molecule has 29 heteroatoms. The van der Waals surface area contributed by atoms with E-state index in [9.17, 15) is 40.7 Å². The molecule has 2 unspecified atom stereocenters. The van der Waals surface area contributed by atoms with Crippen LogP contribution in [0.25, 0.3) is 33.8 Å². The average molecular weight is 1670 g/mol. The average Bonchev–Trinajstić information content (AvgIpc) is 1.62. The van der Waals surface area contributed by atoms with Gasteiger partial charge < -0.3 is 58.3 Å². The summed E-state index contributed by atoms with van der Waals surface area (Å²) in [7, 11) is 12.4. The third-order valence-electron chi connectivity index (χ3n) is 18.3. The monoisotopic (exact) mass is 1670 g/mol. The molecule has 3 aliphatic heterocycles. The van der Waals surface area contributed by atoms with Gasteiger partial charge in [-0.25, -0.2) is 46.3 Å². The van der Waals surface area contributed by atoms with Crippen molar-refractivity contribution >= 4 is 69.3 Å². The number of carbonyl (C=O) groups is 3. The van der Waals surface area contributed by atoms with Gasteiger partial charge in [-0.2, -0.15) is 0 Å². The molecular formula is C82H74Cl2F6IN9O11. The number of nitrogens with zero attached hydrogens (tertiary/aromatic N) is 8. The first-order valence-electron chi connectivity index (χ1n) is 33.9. The predicted octanol–water partition coefficient (Wildman–Crippen LogP) is 17.7. The molecule has 2 N–H and O–H groups in total. The molecule has 0 fully saturated rings. The van der Waals surface area contributed by atoms with Gasteiger partial charge in [0.05, 0.1) is 185 Å². The number of hydrogen-bond acceptors (Lipinski definition) is 17. The summed E-state index contributed by atoms with van der Waals surface area (Å²) in [5, 5.41) is 0.204. The molecule has 0 bridgehead atoms. The van der Waals surface area contributed by atoms with Crippen molar-refractivity contribution in [3.8, 4) is 79.8 Å². The topological polar surface area (TPSA) is 225 Å². The third kappa shape index (κ3) is 18.1. The molecule has 576 valence electrons. The van der Waals surface area contributed by atoms with Gasteiger partial charge in [-0.1, -0.05) is 64.0 Å². The van der Waals surface area contributed by atoms with E-state index in [2.05, 4.69) is 47.5 Å². The molecule has 0 radical (unpaired) electrons. The van der Waals surface area contributed by atoms with E-state index in [-0.39, 0.29) is 105 Å². The van der Waals surface area contributed by atoms with Crippen molar-refractivity contribution in [2.75, 3.05) is 67.5 Å². The Labute approximate surface area is 660 Å². The van der Waals surface area contributed by atoms with Gasteiger partial charge in [-0.15, -0.1) is 0 Å². The van der Waals surface area contributed by atoms with Crippen LogP contribution >= 0.6 is 45.8 Å². The Morgan fingerprint density at radius 3 is 1.18 bits per heavy atom. The fourth-order valence-electron chi connectivity index (χ4n) is 12.6. The first kappa shape index (κ1) is 82.1. The molecule has 0 saturated carbocycles. The van der Waals surface area contributed by atoms with Crippen molar-refractivity contribution in [1.29, 1.82) is 0 Å². The summed E-state index contributed by atoms with van der Waals surface area (Å²) < 4.78 is 129. The lowest BCUT2D eigenvalue weighted by Gasteiger charge is -2.23. The zero-order valence-corrected chi connectivity index (χ0v) is 65.5. The van der Waals surface area contributed by atoms with Gasteiger partial charge in [0, 0.05) is 47.0 Å². The van der Waals surface area contributed by atoms with Gasteiger partial charge in [-0.3, -0.25) is 19.4 Å². The highest BCUT2D eigenvalue weighted by Crippen LogP contribution is 2.44. The molecule has 11 aromatic rings. The van der Waals surface area contributed by atoms with Crippen molar-refractivity contribution < 1.29 is 78.6 Å². The third-order valence-corrected chi connectivity index (χ3v) is 18.9. The molecule has 3 aliphatic rings. The van der Waals surface area contributed by atoms with Crippen molar-refractivity contribution in [3.63, 3.8) is 0 Å². The van der Waals surface area contributed by atoms with E-state index in [0.29, 0.717) is 80.0 Å². The lowest BCUT2D eigenvalue weighted by molar-refractivity contribution is 0.0712. The molecule has 111 heavy (non-hydrogen) atoms. The highest BCUT2D eigenvalue weighted by Gasteiger charge is 2.41. The Hall–Kier alpha value is -11.4. The minimum atomic E-state index is -0.750. The summed E-state index contributed by atoms with van der Waals surface area (Å²) in [6.45, 7) is 4.54. The Morgan fingerprint density at radius 1 is 0.414 bits per heavy atom. The molecule has 5 aromatic heterocycles. The van der Waals surface area contributed by atoms with Gasteiger partial charge in [0.2, 0.25) is 0 Å². The number of methoxy groups -OCH3 is 8. The van der Waals surface area contributed by atoms with Crippen LogP contribution < -0.4 is 43.6 Å². The fraction of sp³-hybridized carbons (Fsp3) is 0.220. The molecule has 14 rings (SSSR count). The van der Waals surface area contributed by atoms with Crippen molar-refractivity contribution in [2.24, 2.45) is 0 Å². The second-order valence-electron chi connectivity index (χ2n) is 24.7. The number of pyridine rings is 5. The number of ether oxygens (including phenoxy) is 8. The largest absolute Gasteiger partial charge is 0.497 e. The van der Waals surface area contributed by atoms with Crippen LogP contribution in [0.1, 0.15) is 102 Å². The number of benzene rings is 6. The normalized spacial score (nSPS) is 13.5. The minimum absolute atomic E-state index is 0.0443. The zero-order chi connectivity index (χ0) is 80.1. The lowest BCUT2D eigenvalue weighted by atomic mass is 9.97. The molecule has 20 nitrogen and oxygen atoms in total. The van der Waals surface area contributed by atoms with E-state index in [1.165, 1.54) is 56.7 Å². The Bertz CT molecular complexity index is 5190. The number of halogens is 9. The van der Waals surface area contributed by atoms with Crippen molar-refractivity contribution in [2.45, 2.75) is 58.5 Å². The molecule has 0 saturated heterocycles. The maximum absolute atomic E-state index is 14.8. The maximum Gasteiger partial charge on any atom is 0.258 e. The predicted molar refractivity (Wildman–Crippen MR) is 416 cm³/mol. The summed E-state index contributed by atoms with van der Waals surface area (Å²) in [6, 6.07) is 37.2. The Morgan fingerprint density at radius 2 is 0.784 bits per heavy atom. The zero-order valence-electron chi connectivity index (χ0n) is 61.8. The lowest BCUT2D eigenvalue weighted by Crippen LogP contribution is -2.26. The Balaban J connectivity index is 0.000000167. The molecule has 3 amide bonds. The number of alkyl halides is 1. The number of fused-ring (bicyclic) bond motifs is 3. The number of rotatable bonds is 19. The van der Waals surface area contributed by atoms with E-state index in [1.807, 2.05) is 30.1 Å². The van der Waals surface area contributed by atoms with Crippen LogP contribution in [0, 0.1) is 34.9 Å². The number of hydrogen-bond donors (Lipinski definition) is 1. The number of amides is 3. The van der Waals surface area contributed by atoms with Gasteiger partial charge in [0.15, 0.2) is 0 Å². The molecule has 8 heterocycles.